The second-order valence-electron chi connectivity index (χ2n) is 1.25. The van der Waals surface area contributed by atoms with Crippen LogP contribution in [-0.4, -0.2) is 11.4 Å². The lowest BCUT2D eigenvalue weighted by molar-refractivity contribution is 0.431. The first kappa shape index (κ1) is 7.63. The van der Waals surface area contributed by atoms with Gasteiger partial charge in [-0.25, -0.2) is 0 Å². The normalized spacial score (nSPS) is 13.0. The van der Waals surface area contributed by atoms with Crippen LogP contribution < -0.4 is 0 Å². The summed E-state index contributed by atoms with van der Waals surface area (Å²) in [6.45, 7) is 1.79. The topological polar surface area (TPSA) is 20.2 Å². The summed E-state index contributed by atoms with van der Waals surface area (Å²) in [6.07, 6.45) is 5.25. The highest BCUT2D eigenvalue weighted by Gasteiger charge is 1.75. The molecule has 0 fully saturated rings. The average molecular weight is 130 g/mol. The predicted molar refractivity (Wildman–Crippen MR) is 39.0 cm³/mol. The van der Waals surface area contributed by atoms with Crippen LogP contribution in [0.2, 0.25) is 0 Å². The molecule has 2 heteroatoms. The smallest absolute Gasteiger partial charge is 0.111 e. The first-order chi connectivity index (χ1) is 3.81. The van der Waals surface area contributed by atoms with Gasteiger partial charge in [0.1, 0.15) is 5.76 Å². The van der Waals surface area contributed by atoms with Gasteiger partial charge in [0.25, 0.3) is 0 Å². The van der Waals surface area contributed by atoms with Crippen LogP contribution in [0, 0.1) is 0 Å². The van der Waals surface area contributed by atoms with Crippen molar-refractivity contribution in [1.29, 1.82) is 0 Å². The minimum Gasteiger partial charge on any atom is -0.508 e. The van der Waals surface area contributed by atoms with E-state index in [1.54, 1.807) is 30.8 Å². The number of allylic oxidation sites excluding steroid dienone is 2. The maximum Gasteiger partial charge on any atom is 0.111 e. The zero-order valence-electron chi connectivity index (χ0n) is 5.09. The van der Waals surface area contributed by atoms with Gasteiger partial charge in [-0.15, -0.1) is 11.8 Å². The lowest BCUT2D eigenvalue weighted by Crippen LogP contribution is -1.67. The zero-order chi connectivity index (χ0) is 6.41. The van der Waals surface area contributed by atoms with Crippen molar-refractivity contribution in [3.8, 4) is 0 Å². The van der Waals surface area contributed by atoms with E-state index in [1.165, 1.54) is 0 Å². The summed E-state index contributed by atoms with van der Waals surface area (Å²) in [7, 11) is 0. The van der Waals surface area contributed by atoms with Gasteiger partial charge < -0.3 is 5.11 Å². The van der Waals surface area contributed by atoms with Crippen LogP contribution in [0.5, 0.6) is 0 Å². The number of aliphatic hydroxyl groups excluding tert-OH is 1. The molecule has 0 saturated heterocycles. The molecule has 0 radical (unpaired) electrons. The van der Waals surface area contributed by atoms with E-state index in [0.717, 1.165) is 0 Å². The maximum atomic E-state index is 8.75. The van der Waals surface area contributed by atoms with Crippen molar-refractivity contribution in [2.75, 3.05) is 6.26 Å². The summed E-state index contributed by atoms with van der Waals surface area (Å²) in [5.41, 5.74) is 0. The SMILES string of the molecule is C/C=C(O)/C=C\SC. The van der Waals surface area contributed by atoms with E-state index < -0.39 is 0 Å². The minimum absolute atomic E-state index is 0.319. The van der Waals surface area contributed by atoms with Crippen LogP contribution in [0.25, 0.3) is 0 Å². The minimum atomic E-state index is 0.319. The highest BCUT2D eigenvalue weighted by atomic mass is 32.2. The number of thioether (sulfide) groups is 1. The Morgan fingerprint density at radius 1 is 1.62 bits per heavy atom. The second kappa shape index (κ2) is 4.78. The zero-order valence-corrected chi connectivity index (χ0v) is 5.90. The average Bonchev–Trinajstić information content (AvgIpc) is 1.83. The molecule has 0 heterocycles. The Labute approximate surface area is 54.1 Å². The number of hydrogen-bond acceptors (Lipinski definition) is 2. The van der Waals surface area contributed by atoms with Crippen LogP contribution in [0.4, 0.5) is 0 Å². The fourth-order valence-electron chi connectivity index (χ4n) is 0.234. The molecule has 0 bridgehead atoms. The van der Waals surface area contributed by atoms with E-state index in [-0.39, 0.29) is 0 Å². The first-order valence-electron chi connectivity index (χ1n) is 2.36. The number of hydrogen-bond donors (Lipinski definition) is 1. The van der Waals surface area contributed by atoms with Gasteiger partial charge in [-0.2, -0.15) is 0 Å². The van der Waals surface area contributed by atoms with Crippen molar-refractivity contribution < 1.29 is 5.11 Å². The molecule has 0 aliphatic rings. The van der Waals surface area contributed by atoms with Gasteiger partial charge in [-0.05, 0) is 30.7 Å². The molecule has 0 aliphatic heterocycles. The van der Waals surface area contributed by atoms with Crippen molar-refractivity contribution in [3.63, 3.8) is 0 Å². The lowest BCUT2D eigenvalue weighted by atomic mass is 10.5. The Balaban J connectivity index is 3.53. The molecule has 0 rings (SSSR count). The van der Waals surface area contributed by atoms with Crippen LogP contribution in [0.1, 0.15) is 6.92 Å². The van der Waals surface area contributed by atoms with E-state index in [4.69, 9.17) is 5.11 Å². The van der Waals surface area contributed by atoms with E-state index in [2.05, 4.69) is 0 Å². The molecular weight excluding hydrogens is 120 g/mol. The highest BCUT2D eigenvalue weighted by molar-refractivity contribution is 8.01. The van der Waals surface area contributed by atoms with Crippen molar-refractivity contribution in [3.05, 3.63) is 23.3 Å². The summed E-state index contributed by atoms with van der Waals surface area (Å²) in [6, 6.07) is 0. The van der Waals surface area contributed by atoms with Crippen molar-refractivity contribution in [1.82, 2.24) is 0 Å². The van der Waals surface area contributed by atoms with Gasteiger partial charge in [-0.1, -0.05) is 0 Å². The van der Waals surface area contributed by atoms with Gasteiger partial charge in [0, 0.05) is 0 Å². The van der Waals surface area contributed by atoms with Gasteiger partial charge in [0.05, 0.1) is 0 Å². The van der Waals surface area contributed by atoms with Gasteiger partial charge >= 0.3 is 0 Å². The molecule has 0 aliphatic carbocycles. The molecule has 1 nitrogen and oxygen atoms in total. The fourth-order valence-corrected chi connectivity index (χ4v) is 0.509. The Morgan fingerprint density at radius 3 is 2.62 bits per heavy atom. The van der Waals surface area contributed by atoms with Gasteiger partial charge in [0.2, 0.25) is 0 Å². The molecule has 0 amide bonds. The van der Waals surface area contributed by atoms with Gasteiger partial charge in [0.15, 0.2) is 0 Å². The van der Waals surface area contributed by atoms with Crippen molar-refractivity contribution in [2.45, 2.75) is 6.92 Å². The molecule has 0 saturated carbocycles. The molecule has 0 aromatic carbocycles. The number of rotatable bonds is 2. The summed E-state index contributed by atoms with van der Waals surface area (Å²) < 4.78 is 0. The van der Waals surface area contributed by atoms with Crippen LogP contribution in [0.3, 0.4) is 0 Å². The fraction of sp³-hybridized carbons (Fsp3) is 0.333. The van der Waals surface area contributed by atoms with Crippen LogP contribution >= 0.6 is 11.8 Å². The van der Waals surface area contributed by atoms with Crippen molar-refractivity contribution >= 4 is 11.8 Å². The van der Waals surface area contributed by atoms with Crippen LogP contribution in [0.15, 0.2) is 23.3 Å². The summed E-state index contributed by atoms with van der Waals surface area (Å²) in [4.78, 5) is 0. The quantitative estimate of drug-likeness (QED) is 0.457. The van der Waals surface area contributed by atoms with Gasteiger partial charge in [-0.3, -0.25) is 0 Å². The lowest BCUT2D eigenvalue weighted by Gasteiger charge is -1.83. The Morgan fingerprint density at radius 2 is 2.25 bits per heavy atom. The Bertz CT molecular complexity index is 105. The Kier molecular flexibility index (Phi) is 4.56. The first-order valence-corrected chi connectivity index (χ1v) is 3.64. The molecule has 0 spiro atoms. The maximum absolute atomic E-state index is 8.75. The third kappa shape index (κ3) is 3.81. The molecule has 0 unspecified atom stereocenters. The molecule has 0 aromatic rings. The number of aliphatic hydroxyl groups is 1. The third-order valence-corrected chi connectivity index (χ3v) is 1.08. The molecule has 0 atom stereocenters. The summed E-state index contributed by atoms with van der Waals surface area (Å²) >= 11 is 1.56. The largest absolute Gasteiger partial charge is 0.508 e. The standard InChI is InChI=1S/C6H10OS/c1-3-6(7)4-5-8-2/h3-5,7H,1-2H3/b5-4-,6-3-. The second-order valence-corrected chi connectivity index (χ2v) is 2.00. The van der Waals surface area contributed by atoms with E-state index in [9.17, 15) is 0 Å². The summed E-state index contributed by atoms with van der Waals surface area (Å²) in [5.74, 6) is 0.319. The van der Waals surface area contributed by atoms with E-state index >= 15 is 0 Å². The van der Waals surface area contributed by atoms with E-state index in [0.29, 0.717) is 5.76 Å². The van der Waals surface area contributed by atoms with Crippen LogP contribution in [-0.2, 0) is 0 Å². The molecule has 1 N–H and O–H groups in total. The van der Waals surface area contributed by atoms with Crippen molar-refractivity contribution in [2.24, 2.45) is 0 Å². The highest BCUT2D eigenvalue weighted by Crippen LogP contribution is 1.97. The molecule has 0 aromatic heterocycles. The third-order valence-electron chi connectivity index (χ3n) is 0.671. The van der Waals surface area contributed by atoms with E-state index in [1.807, 2.05) is 11.7 Å². The Hall–Kier alpha value is -0.370. The molecular formula is C6H10OS. The molecule has 46 valence electrons. The molecule has 8 heavy (non-hydrogen) atoms. The summed E-state index contributed by atoms with van der Waals surface area (Å²) in [5, 5.41) is 10.6. The monoisotopic (exact) mass is 130 g/mol. The predicted octanol–water partition coefficient (Wildman–Crippen LogP) is 2.32.